The number of amides is 1. The van der Waals surface area contributed by atoms with Gasteiger partial charge in [0, 0.05) is 53.6 Å². The van der Waals surface area contributed by atoms with Gasteiger partial charge in [0.05, 0.1) is 11.1 Å². The van der Waals surface area contributed by atoms with Gasteiger partial charge in [-0.1, -0.05) is 18.2 Å². The first-order valence-electron chi connectivity index (χ1n) is 10.7. The summed E-state index contributed by atoms with van der Waals surface area (Å²) in [5.74, 6) is 0.324. The molecule has 3 N–H and O–H groups in total. The van der Waals surface area contributed by atoms with Gasteiger partial charge < -0.3 is 11.1 Å². The van der Waals surface area contributed by atoms with Crippen LogP contribution < -0.4 is 11.1 Å². The van der Waals surface area contributed by atoms with E-state index in [1.165, 1.54) is 0 Å². The number of nitrogens with two attached hydrogens (primary N) is 1. The molecular weight excluding hydrogens is 424 g/mol. The molecule has 7 nitrogen and oxygen atoms in total. The van der Waals surface area contributed by atoms with Crippen LogP contribution in [0.3, 0.4) is 0 Å². The summed E-state index contributed by atoms with van der Waals surface area (Å²) >= 11 is 0. The highest BCUT2D eigenvalue weighted by atomic mass is 16.1. The third kappa shape index (κ3) is 4.38. The topological polar surface area (TPSA) is 118 Å². The first kappa shape index (κ1) is 21.0. The molecule has 7 heteroatoms. The number of nitriles is 1. The Morgan fingerprint density at radius 3 is 2.62 bits per heavy atom. The standard InChI is InChI=1S/C27H20N6O/c28-14-19-11-22-9-17(2-4-25(22)32-16-19)12-23-13-21(6-7-30-23)27(34)33-15-18-1-3-24-20(10-18)5-8-31-26(24)29/h1-11,13,16H,12,15H2,(H2,29,31)(H,33,34). The fourth-order valence-electron chi connectivity index (χ4n) is 3.92. The largest absolute Gasteiger partial charge is 0.383 e. The maximum Gasteiger partial charge on any atom is 0.251 e. The zero-order chi connectivity index (χ0) is 23.5. The molecule has 1 amide bonds. The van der Waals surface area contributed by atoms with E-state index in [-0.39, 0.29) is 5.91 Å². The van der Waals surface area contributed by atoms with E-state index in [2.05, 4.69) is 26.3 Å². The molecule has 0 radical (unpaired) electrons. The molecule has 0 spiro atoms. The maximum atomic E-state index is 12.8. The number of nitrogens with one attached hydrogen (secondary N) is 1. The Labute approximate surface area is 195 Å². The highest BCUT2D eigenvalue weighted by molar-refractivity contribution is 5.94. The number of carbonyl (C=O) groups is 1. The van der Waals surface area contributed by atoms with E-state index in [0.29, 0.717) is 29.9 Å². The molecule has 2 aromatic carbocycles. The zero-order valence-corrected chi connectivity index (χ0v) is 18.2. The molecule has 0 unspecified atom stereocenters. The first-order chi connectivity index (χ1) is 16.6. The molecular formula is C27H20N6O. The van der Waals surface area contributed by atoms with Gasteiger partial charge in [-0.2, -0.15) is 5.26 Å². The molecule has 0 bridgehead atoms. The van der Waals surface area contributed by atoms with Crippen molar-refractivity contribution in [1.29, 1.82) is 5.26 Å². The van der Waals surface area contributed by atoms with Gasteiger partial charge in [0.15, 0.2) is 0 Å². The Kier molecular flexibility index (Phi) is 5.55. The molecule has 5 aromatic rings. The molecule has 0 aliphatic heterocycles. The van der Waals surface area contributed by atoms with Gasteiger partial charge in [0.25, 0.3) is 5.91 Å². The number of nitrogens with zero attached hydrogens (tertiary/aromatic N) is 4. The second-order valence-electron chi connectivity index (χ2n) is 8.01. The van der Waals surface area contributed by atoms with Crippen molar-refractivity contribution in [2.45, 2.75) is 13.0 Å². The number of rotatable bonds is 5. The summed E-state index contributed by atoms with van der Waals surface area (Å²) in [7, 11) is 0. The van der Waals surface area contributed by atoms with Gasteiger partial charge in [0.1, 0.15) is 11.9 Å². The minimum atomic E-state index is -0.167. The van der Waals surface area contributed by atoms with Crippen molar-refractivity contribution in [1.82, 2.24) is 20.3 Å². The Morgan fingerprint density at radius 2 is 1.74 bits per heavy atom. The number of aromatic nitrogens is 3. The lowest BCUT2D eigenvalue weighted by atomic mass is 10.0. The van der Waals surface area contributed by atoms with Gasteiger partial charge in [-0.25, -0.2) is 4.98 Å². The summed E-state index contributed by atoms with van der Waals surface area (Å²) in [4.78, 5) is 25.6. The van der Waals surface area contributed by atoms with Crippen molar-refractivity contribution in [3.8, 4) is 6.07 Å². The lowest BCUT2D eigenvalue weighted by molar-refractivity contribution is 0.0950. The Morgan fingerprint density at radius 1 is 0.912 bits per heavy atom. The molecule has 0 aliphatic rings. The number of pyridine rings is 3. The highest BCUT2D eigenvalue weighted by Gasteiger charge is 2.09. The van der Waals surface area contributed by atoms with Crippen LogP contribution in [0, 0.1) is 11.3 Å². The summed E-state index contributed by atoms with van der Waals surface area (Å²) in [6, 6.07) is 21.1. The molecule has 3 heterocycles. The average molecular weight is 444 g/mol. The van der Waals surface area contributed by atoms with Crippen LogP contribution in [0.15, 0.2) is 79.3 Å². The average Bonchev–Trinajstić information content (AvgIpc) is 2.87. The number of benzene rings is 2. The molecule has 3 aromatic heterocycles. The Hall–Kier alpha value is -4.83. The van der Waals surface area contributed by atoms with Gasteiger partial charge in [0.2, 0.25) is 0 Å². The van der Waals surface area contributed by atoms with Gasteiger partial charge in [-0.3, -0.25) is 14.8 Å². The lowest BCUT2D eigenvalue weighted by Crippen LogP contribution is -2.23. The second kappa shape index (κ2) is 8.96. The predicted octanol–water partition coefficient (Wildman–Crippen LogP) is 4.15. The fourth-order valence-corrected chi connectivity index (χ4v) is 3.92. The summed E-state index contributed by atoms with van der Waals surface area (Å²) in [6.07, 6.45) is 5.45. The van der Waals surface area contributed by atoms with E-state index < -0.39 is 0 Å². The predicted molar refractivity (Wildman–Crippen MR) is 131 cm³/mol. The number of anilines is 1. The smallest absolute Gasteiger partial charge is 0.251 e. The number of nitrogen functional groups attached to an aromatic ring is 1. The Bertz CT molecular complexity index is 1590. The van der Waals surface area contributed by atoms with E-state index in [0.717, 1.165) is 38.5 Å². The number of carbonyl (C=O) groups excluding carboxylic acids is 1. The summed E-state index contributed by atoms with van der Waals surface area (Å²) in [5.41, 5.74) is 10.6. The number of hydrogen-bond acceptors (Lipinski definition) is 6. The quantitative estimate of drug-likeness (QED) is 0.420. The van der Waals surface area contributed by atoms with Crippen molar-refractivity contribution in [3.63, 3.8) is 0 Å². The van der Waals surface area contributed by atoms with E-state index >= 15 is 0 Å². The van der Waals surface area contributed by atoms with E-state index in [1.807, 2.05) is 48.5 Å². The van der Waals surface area contributed by atoms with Crippen LogP contribution in [-0.2, 0) is 13.0 Å². The highest BCUT2D eigenvalue weighted by Crippen LogP contribution is 2.20. The number of fused-ring (bicyclic) bond motifs is 2. The van der Waals surface area contributed by atoms with Gasteiger partial charge >= 0.3 is 0 Å². The maximum absolute atomic E-state index is 12.8. The van der Waals surface area contributed by atoms with Crippen molar-refractivity contribution in [2.24, 2.45) is 0 Å². The first-order valence-corrected chi connectivity index (χ1v) is 10.7. The van der Waals surface area contributed by atoms with Crippen molar-refractivity contribution in [3.05, 3.63) is 107 Å². The molecule has 0 atom stereocenters. The summed E-state index contributed by atoms with van der Waals surface area (Å²) in [5, 5.41) is 14.9. The van der Waals surface area contributed by atoms with Crippen molar-refractivity contribution < 1.29 is 4.79 Å². The summed E-state index contributed by atoms with van der Waals surface area (Å²) in [6.45, 7) is 0.396. The minimum Gasteiger partial charge on any atom is -0.383 e. The van der Waals surface area contributed by atoms with Crippen LogP contribution in [-0.4, -0.2) is 20.9 Å². The fraction of sp³-hybridized carbons (Fsp3) is 0.0741. The second-order valence-corrected chi connectivity index (χ2v) is 8.01. The molecule has 164 valence electrons. The molecule has 0 aliphatic carbocycles. The van der Waals surface area contributed by atoms with E-state index in [4.69, 9.17) is 11.0 Å². The van der Waals surface area contributed by atoms with E-state index in [9.17, 15) is 4.79 Å². The monoisotopic (exact) mass is 444 g/mol. The minimum absolute atomic E-state index is 0.167. The summed E-state index contributed by atoms with van der Waals surface area (Å²) < 4.78 is 0. The van der Waals surface area contributed by atoms with E-state index in [1.54, 1.807) is 30.7 Å². The molecule has 5 rings (SSSR count). The lowest BCUT2D eigenvalue weighted by Gasteiger charge is -2.09. The van der Waals surface area contributed by atoms with Crippen molar-refractivity contribution >= 4 is 33.4 Å². The normalized spacial score (nSPS) is 10.8. The Balaban J connectivity index is 1.29. The van der Waals surface area contributed by atoms with Crippen molar-refractivity contribution in [2.75, 3.05) is 5.73 Å². The molecule has 0 fully saturated rings. The van der Waals surface area contributed by atoms with Gasteiger partial charge in [-0.15, -0.1) is 0 Å². The van der Waals surface area contributed by atoms with Crippen LogP contribution in [0.1, 0.15) is 32.7 Å². The third-order valence-electron chi connectivity index (χ3n) is 5.65. The van der Waals surface area contributed by atoms with Crippen LogP contribution in [0.5, 0.6) is 0 Å². The number of hydrogen-bond donors (Lipinski definition) is 2. The van der Waals surface area contributed by atoms with Crippen LogP contribution in [0.2, 0.25) is 0 Å². The molecule has 0 saturated carbocycles. The SMILES string of the molecule is N#Cc1cnc2ccc(Cc3cc(C(=O)NCc4ccc5c(N)nccc5c4)ccn3)cc2c1. The molecule has 0 saturated heterocycles. The zero-order valence-electron chi connectivity index (χ0n) is 18.2. The van der Waals surface area contributed by atoms with Crippen LogP contribution in [0.4, 0.5) is 5.82 Å². The van der Waals surface area contributed by atoms with Gasteiger partial charge in [-0.05, 0) is 59.0 Å². The third-order valence-corrected chi connectivity index (χ3v) is 5.65. The van der Waals surface area contributed by atoms with Crippen LogP contribution in [0.25, 0.3) is 21.7 Å². The molecule has 34 heavy (non-hydrogen) atoms. The van der Waals surface area contributed by atoms with Crippen LogP contribution >= 0.6 is 0 Å².